The van der Waals surface area contributed by atoms with E-state index in [4.69, 9.17) is 9.47 Å². The van der Waals surface area contributed by atoms with Crippen LogP contribution < -0.4 is 10.1 Å². The van der Waals surface area contributed by atoms with Crippen molar-refractivity contribution in [2.45, 2.75) is 33.3 Å². The molecule has 0 aliphatic rings. The number of hydrogen-bond donors (Lipinski definition) is 1. The molecule has 0 radical (unpaired) electrons. The Hall–Kier alpha value is -2.15. The fourth-order valence-electron chi connectivity index (χ4n) is 1.43. The number of benzene rings is 1. The summed E-state index contributed by atoms with van der Waals surface area (Å²) < 4.78 is 10.3. The molecule has 1 aromatic rings. The van der Waals surface area contributed by atoms with Crippen molar-refractivity contribution >= 4 is 6.09 Å². The van der Waals surface area contributed by atoms with Gasteiger partial charge in [0.05, 0.1) is 13.7 Å². The van der Waals surface area contributed by atoms with Crippen molar-refractivity contribution in [2.75, 3.05) is 13.7 Å². The number of ether oxygens (including phenoxy) is 2. The summed E-state index contributed by atoms with van der Waals surface area (Å²) in [5.41, 5.74) is 1.45. The van der Waals surface area contributed by atoms with Gasteiger partial charge in [-0.3, -0.25) is 0 Å². The van der Waals surface area contributed by atoms with Gasteiger partial charge in [-0.25, -0.2) is 4.79 Å². The highest BCUT2D eigenvalue weighted by Crippen LogP contribution is 2.15. The van der Waals surface area contributed by atoms with Gasteiger partial charge in [0.25, 0.3) is 0 Å². The molecule has 1 aromatic carbocycles. The molecule has 0 atom stereocenters. The molecule has 1 rings (SSSR count). The molecule has 0 saturated carbocycles. The summed E-state index contributed by atoms with van der Waals surface area (Å²) in [4.78, 5) is 11.4. The number of nitrogens with one attached hydrogen (secondary N) is 1. The molecule has 1 N–H and O–H groups in total. The van der Waals surface area contributed by atoms with Gasteiger partial charge in [0.2, 0.25) is 0 Å². The van der Waals surface area contributed by atoms with Gasteiger partial charge in [-0.1, -0.05) is 17.9 Å². The average Bonchev–Trinajstić information content (AvgIpc) is 2.34. The average molecular weight is 275 g/mol. The standard InChI is InChI=1S/C16H21NO3/c1-12-8-9-14(19-5)11-13(12)7-6-10-17-15(18)20-16(2,3)4/h8-9,11H,10H2,1-5H3,(H,17,18). The number of amides is 1. The molecule has 4 heteroatoms. The molecule has 0 bridgehead atoms. The smallest absolute Gasteiger partial charge is 0.408 e. The number of carbonyl (C=O) groups excluding carboxylic acids is 1. The molecular formula is C16H21NO3. The van der Waals surface area contributed by atoms with Gasteiger partial charge in [0.1, 0.15) is 11.4 Å². The Labute approximate surface area is 120 Å². The number of rotatable bonds is 2. The number of alkyl carbamates (subject to hydrolysis) is 1. The molecule has 0 unspecified atom stereocenters. The van der Waals surface area contributed by atoms with Crippen LogP contribution in [0.25, 0.3) is 0 Å². The Balaban J connectivity index is 2.57. The SMILES string of the molecule is COc1ccc(C)c(C#CCNC(=O)OC(C)(C)C)c1. The van der Waals surface area contributed by atoms with E-state index in [0.29, 0.717) is 0 Å². The highest BCUT2D eigenvalue weighted by Gasteiger charge is 2.14. The van der Waals surface area contributed by atoms with Crippen LogP contribution in [0.2, 0.25) is 0 Å². The maximum absolute atomic E-state index is 11.4. The normalized spacial score (nSPS) is 10.2. The van der Waals surface area contributed by atoms with Gasteiger partial charge in [0.15, 0.2) is 0 Å². The summed E-state index contributed by atoms with van der Waals surface area (Å²) in [5.74, 6) is 6.66. The molecule has 20 heavy (non-hydrogen) atoms. The molecule has 0 fully saturated rings. The molecule has 0 saturated heterocycles. The molecule has 108 valence electrons. The van der Waals surface area contributed by atoms with E-state index in [1.54, 1.807) is 7.11 Å². The van der Waals surface area contributed by atoms with Crippen LogP contribution in [0.15, 0.2) is 18.2 Å². The van der Waals surface area contributed by atoms with Crippen LogP contribution >= 0.6 is 0 Å². The summed E-state index contributed by atoms with van der Waals surface area (Å²) in [6, 6.07) is 5.71. The van der Waals surface area contributed by atoms with Crippen molar-refractivity contribution in [2.24, 2.45) is 0 Å². The first-order chi connectivity index (χ1) is 9.31. The van der Waals surface area contributed by atoms with E-state index in [2.05, 4.69) is 17.2 Å². The Morgan fingerprint density at radius 3 is 2.65 bits per heavy atom. The van der Waals surface area contributed by atoms with Crippen LogP contribution in [-0.4, -0.2) is 25.3 Å². The third-order valence-corrected chi connectivity index (χ3v) is 2.39. The summed E-state index contributed by atoms with van der Waals surface area (Å²) in [7, 11) is 1.62. The first-order valence-electron chi connectivity index (χ1n) is 6.42. The van der Waals surface area contributed by atoms with E-state index in [1.807, 2.05) is 45.9 Å². The van der Waals surface area contributed by atoms with Crippen LogP contribution in [0.1, 0.15) is 31.9 Å². The highest BCUT2D eigenvalue weighted by atomic mass is 16.6. The Kier molecular flexibility index (Phi) is 5.45. The highest BCUT2D eigenvalue weighted by molar-refractivity contribution is 5.68. The summed E-state index contributed by atoms with van der Waals surface area (Å²) in [6.07, 6.45) is -0.464. The third kappa shape index (κ3) is 5.66. The first kappa shape index (κ1) is 15.9. The van der Waals surface area contributed by atoms with Crippen molar-refractivity contribution in [3.63, 3.8) is 0 Å². The molecule has 0 aromatic heterocycles. The lowest BCUT2D eigenvalue weighted by Gasteiger charge is -2.19. The van der Waals surface area contributed by atoms with Gasteiger partial charge < -0.3 is 14.8 Å². The summed E-state index contributed by atoms with van der Waals surface area (Å²) >= 11 is 0. The van der Waals surface area contributed by atoms with Crippen LogP contribution in [0, 0.1) is 18.8 Å². The van der Waals surface area contributed by atoms with Crippen molar-refractivity contribution in [1.82, 2.24) is 5.32 Å². The second-order valence-electron chi connectivity index (χ2n) is 5.34. The van der Waals surface area contributed by atoms with Crippen LogP contribution in [-0.2, 0) is 4.74 Å². The van der Waals surface area contributed by atoms with Crippen molar-refractivity contribution in [3.05, 3.63) is 29.3 Å². The Morgan fingerprint density at radius 2 is 2.05 bits per heavy atom. The zero-order chi connectivity index (χ0) is 15.2. The molecule has 1 amide bonds. The lowest BCUT2D eigenvalue weighted by atomic mass is 10.1. The fourth-order valence-corrected chi connectivity index (χ4v) is 1.43. The molecular weight excluding hydrogens is 254 g/mol. The van der Waals surface area contributed by atoms with Crippen molar-refractivity contribution in [3.8, 4) is 17.6 Å². The van der Waals surface area contributed by atoms with Crippen LogP contribution in [0.5, 0.6) is 5.75 Å². The van der Waals surface area contributed by atoms with Gasteiger partial charge in [-0.15, -0.1) is 0 Å². The first-order valence-corrected chi connectivity index (χ1v) is 6.42. The van der Waals surface area contributed by atoms with Crippen molar-refractivity contribution in [1.29, 1.82) is 0 Å². The topological polar surface area (TPSA) is 47.6 Å². The Bertz CT molecular complexity index is 533. The van der Waals surface area contributed by atoms with Crippen LogP contribution in [0.4, 0.5) is 4.79 Å². The van der Waals surface area contributed by atoms with E-state index in [-0.39, 0.29) is 6.54 Å². The summed E-state index contributed by atoms with van der Waals surface area (Å²) in [6.45, 7) is 7.67. The summed E-state index contributed by atoms with van der Waals surface area (Å²) in [5, 5.41) is 2.59. The molecule has 0 aliphatic heterocycles. The van der Waals surface area contributed by atoms with Crippen LogP contribution in [0.3, 0.4) is 0 Å². The zero-order valence-corrected chi connectivity index (χ0v) is 12.7. The quantitative estimate of drug-likeness (QED) is 0.844. The second-order valence-corrected chi connectivity index (χ2v) is 5.34. The Morgan fingerprint density at radius 1 is 1.35 bits per heavy atom. The minimum Gasteiger partial charge on any atom is -0.497 e. The number of hydrogen-bond acceptors (Lipinski definition) is 3. The maximum atomic E-state index is 11.4. The zero-order valence-electron chi connectivity index (χ0n) is 12.7. The lowest BCUT2D eigenvalue weighted by Crippen LogP contribution is -2.32. The van der Waals surface area contributed by atoms with Gasteiger partial charge in [-0.05, 0) is 45.4 Å². The second kappa shape index (κ2) is 6.85. The maximum Gasteiger partial charge on any atom is 0.408 e. The van der Waals surface area contributed by atoms with E-state index < -0.39 is 11.7 Å². The minimum absolute atomic E-state index is 0.242. The molecule has 0 heterocycles. The van der Waals surface area contributed by atoms with E-state index >= 15 is 0 Å². The number of methoxy groups -OCH3 is 1. The van der Waals surface area contributed by atoms with Crippen molar-refractivity contribution < 1.29 is 14.3 Å². The largest absolute Gasteiger partial charge is 0.497 e. The van der Waals surface area contributed by atoms with E-state index in [0.717, 1.165) is 16.9 Å². The molecule has 0 aliphatic carbocycles. The third-order valence-electron chi connectivity index (χ3n) is 2.39. The predicted molar refractivity (Wildman–Crippen MR) is 78.8 cm³/mol. The monoisotopic (exact) mass is 275 g/mol. The molecule has 0 spiro atoms. The lowest BCUT2D eigenvalue weighted by molar-refractivity contribution is 0.0535. The fraction of sp³-hybridized carbons (Fsp3) is 0.438. The number of carbonyl (C=O) groups is 1. The predicted octanol–water partition coefficient (Wildman–Crippen LogP) is 2.88. The number of aryl methyl sites for hydroxylation is 1. The van der Waals surface area contributed by atoms with Gasteiger partial charge in [-0.2, -0.15) is 0 Å². The van der Waals surface area contributed by atoms with E-state index in [9.17, 15) is 4.79 Å². The molecule has 4 nitrogen and oxygen atoms in total. The van der Waals surface area contributed by atoms with Gasteiger partial charge in [0, 0.05) is 5.56 Å². The van der Waals surface area contributed by atoms with E-state index in [1.165, 1.54) is 0 Å². The minimum atomic E-state index is -0.499. The van der Waals surface area contributed by atoms with Gasteiger partial charge >= 0.3 is 6.09 Å².